The Morgan fingerprint density at radius 3 is 2.81 bits per heavy atom. The summed E-state index contributed by atoms with van der Waals surface area (Å²) in [6.07, 6.45) is 5.22. The van der Waals surface area contributed by atoms with Gasteiger partial charge in [-0.15, -0.1) is 0 Å². The van der Waals surface area contributed by atoms with Crippen molar-refractivity contribution in [3.05, 3.63) is 23.4 Å². The fourth-order valence-electron chi connectivity index (χ4n) is 2.84. The van der Waals surface area contributed by atoms with Crippen molar-refractivity contribution in [3.8, 4) is 0 Å². The number of likely N-dealkylation sites (tertiary alicyclic amines) is 1. The van der Waals surface area contributed by atoms with Crippen molar-refractivity contribution in [1.29, 1.82) is 0 Å². The number of aryl methyl sites for hydroxylation is 1. The molecule has 1 aromatic rings. The Bertz CT molecular complexity index is 487. The van der Waals surface area contributed by atoms with Gasteiger partial charge in [-0.25, -0.2) is 4.98 Å². The van der Waals surface area contributed by atoms with Crippen LogP contribution in [0.25, 0.3) is 0 Å². The van der Waals surface area contributed by atoms with Crippen molar-refractivity contribution >= 4 is 11.7 Å². The molecule has 0 spiro atoms. The van der Waals surface area contributed by atoms with Crippen LogP contribution in [0, 0.1) is 0 Å². The number of nitrogens with one attached hydrogen (secondary N) is 1. The van der Waals surface area contributed by atoms with E-state index in [2.05, 4.69) is 31.1 Å². The summed E-state index contributed by atoms with van der Waals surface area (Å²) in [7, 11) is 0. The minimum atomic E-state index is 0.152. The second kappa shape index (κ2) is 7.43. The van der Waals surface area contributed by atoms with E-state index >= 15 is 0 Å². The van der Waals surface area contributed by atoms with Crippen molar-refractivity contribution in [1.82, 2.24) is 9.88 Å². The number of rotatable bonds is 6. The fourth-order valence-corrected chi connectivity index (χ4v) is 2.84. The summed E-state index contributed by atoms with van der Waals surface area (Å²) >= 11 is 0. The fraction of sp³-hybridized carbons (Fsp3) is 0.647. The molecule has 1 aliphatic heterocycles. The van der Waals surface area contributed by atoms with Crippen LogP contribution < -0.4 is 5.32 Å². The van der Waals surface area contributed by atoms with Gasteiger partial charge in [0.05, 0.1) is 0 Å². The average Bonchev–Trinajstić information content (AvgIpc) is 2.90. The predicted octanol–water partition coefficient (Wildman–Crippen LogP) is 3.48. The maximum atomic E-state index is 12.7. The molecule has 4 heteroatoms. The van der Waals surface area contributed by atoms with E-state index in [-0.39, 0.29) is 5.91 Å². The van der Waals surface area contributed by atoms with E-state index in [4.69, 9.17) is 0 Å². The first-order chi connectivity index (χ1) is 10.2. The van der Waals surface area contributed by atoms with Crippen molar-refractivity contribution in [2.24, 2.45) is 0 Å². The van der Waals surface area contributed by atoms with Gasteiger partial charge in [0, 0.05) is 30.4 Å². The molecule has 1 aliphatic rings. The van der Waals surface area contributed by atoms with Crippen LogP contribution in [0.1, 0.15) is 62.5 Å². The summed E-state index contributed by atoms with van der Waals surface area (Å²) in [6.45, 7) is 8.16. The molecule has 1 atom stereocenters. The Balaban J connectivity index is 2.23. The molecule has 1 saturated heterocycles. The van der Waals surface area contributed by atoms with Gasteiger partial charge in [0.1, 0.15) is 5.82 Å². The topological polar surface area (TPSA) is 45.2 Å². The van der Waals surface area contributed by atoms with Crippen LogP contribution in [0.4, 0.5) is 5.82 Å². The lowest BCUT2D eigenvalue weighted by molar-refractivity contribution is 0.0747. The summed E-state index contributed by atoms with van der Waals surface area (Å²) in [5.41, 5.74) is 1.79. The molecule has 0 bridgehead atoms. The molecular formula is C17H27N3O. The van der Waals surface area contributed by atoms with E-state index in [1.165, 1.54) is 0 Å². The highest BCUT2D eigenvalue weighted by atomic mass is 16.2. The standard InChI is InChI=1S/C17H27N3O/c1-4-7-15-11-14(12-16(19-15)18-9-5-2)17(21)20-10-6-8-13(20)3/h11-13H,4-10H2,1-3H3,(H,18,19). The van der Waals surface area contributed by atoms with Crippen LogP contribution in [-0.4, -0.2) is 34.9 Å². The Morgan fingerprint density at radius 2 is 2.19 bits per heavy atom. The van der Waals surface area contributed by atoms with Crippen LogP contribution >= 0.6 is 0 Å². The van der Waals surface area contributed by atoms with Gasteiger partial charge in [-0.2, -0.15) is 0 Å². The third-order valence-electron chi connectivity index (χ3n) is 4.00. The molecule has 1 aromatic heterocycles. The summed E-state index contributed by atoms with van der Waals surface area (Å²) in [5, 5.41) is 3.31. The average molecular weight is 289 g/mol. The third-order valence-corrected chi connectivity index (χ3v) is 4.00. The zero-order valence-corrected chi connectivity index (χ0v) is 13.5. The smallest absolute Gasteiger partial charge is 0.254 e. The molecule has 1 amide bonds. The largest absolute Gasteiger partial charge is 0.370 e. The van der Waals surface area contributed by atoms with E-state index < -0.39 is 0 Å². The zero-order valence-electron chi connectivity index (χ0n) is 13.5. The lowest BCUT2D eigenvalue weighted by Gasteiger charge is -2.22. The van der Waals surface area contributed by atoms with E-state index in [0.717, 1.165) is 62.3 Å². The quantitative estimate of drug-likeness (QED) is 0.872. The van der Waals surface area contributed by atoms with Crippen LogP contribution in [0.3, 0.4) is 0 Å². The number of hydrogen-bond acceptors (Lipinski definition) is 3. The molecule has 1 unspecified atom stereocenters. The van der Waals surface area contributed by atoms with Crippen LogP contribution in [-0.2, 0) is 6.42 Å². The Labute approximate surface area is 127 Å². The first-order valence-electron chi connectivity index (χ1n) is 8.21. The number of aromatic nitrogens is 1. The van der Waals surface area contributed by atoms with E-state index in [1.54, 1.807) is 0 Å². The third kappa shape index (κ3) is 3.96. The van der Waals surface area contributed by atoms with Crippen LogP contribution in [0.2, 0.25) is 0 Å². The van der Waals surface area contributed by atoms with E-state index in [1.807, 2.05) is 17.0 Å². The minimum Gasteiger partial charge on any atom is -0.370 e. The molecule has 2 heterocycles. The second-order valence-corrected chi connectivity index (χ2v) is 5.90. The van der Waals surface area contributed by atoms with Crippen molar-refractivity contribution < 1.29 is 4.79 Å². The Morgan fingerprint density at radius 1 is 1.38 bits per heavy atom. The van der Waals surface area contributed by atoms with Gasteiger partial charge in [0.15, 0.2) is 0 Å². The molecule has 0 aromatic carbocycles. The number of hydrogen-bond donors (Lipinski definition) is 1. The first-order valence-corrected chi connectivity index (χ1v) is 8.21. The molecular weight excluding hydrogens is 262 g/mol. The van der Waals surface area contributed by atoms with Gasteiger partial charge < -0.3 is 10.2 Å². The second-order valence-electron chi connectivity index (χ2n) is 5.90. The lowest BCUT2D eigenvalue weighted by atomic mass is 10.1. The Hall–Kier alpha value is -1.58. The molecule has 0 saturated carbocycles. The van der Waals surface area contributed by atoms with Gasteiger partial charge in [0.2, 0.25) is 0 Å². The molecule has 1 N–H and O–H groups in total. The highest BCUT2D eigenvalue weighted by Gasteiger charge is 2.26. The summed E-state index contributed by atoms with van der Waals surface area (Å²) in [5.74, 6) is 0.984. The maximum Gasteiger partial charge on any atom is 0.254 e. The highest BCUT2D eigenvalue weighted by Crippen LogP contribution is 2.21. The normalized spacial score (nSPS) is 18.0. The van der Waals surface area contributed by atoms with Gasteiger partial charge in [0.25, 0.3) is 5.91 Å². The zero-order chi connectivity index (χ0) is 15.2. The minimum absolute atomic E-state index is 0.152. The van der Waals surface area contributed by atoms with Gasteiger partial charge in [-0.3, -0.25) is 4.79 Å². The molecule has 1 fully saturated rings. The van der Waals surface area contributed by atoms with Crippen LogP contribution in [0.15, 0.2) is 12.1 Å². The number of anilines is 1. The van der Waals surface area contributed by atoms with Crippen molar-refractivity contribution in [2.45, 2.75) is 58.9 Å². The highest BCUT2D eigenvalue weighted by molar-refractivity contribution is 5.95. The Kier molecular flexibility index (Phi) is 5.59. The van der Waals surface area contributed by atoms with Crippen molar-refractivity contribution in [2.75, 3.05) is 18.4 Å². The van der Waals surface area contributed by atoms with Gasteiger partial charge in [-0.05, 0) is 44.7 Å². The summed E-state index contributed by atoms with van der Waals surface area (Å²) < 4.78 is 0. The molecule has 2 rings (SSSR count). The first kappa shape index (κ1) is 15.8. The number of carbonyl (C=O) groups excluding carboxylic acids is 1. The number of pyridine rings is 1. The predicted molar refractivity (Wildman–Crippen MR) is 86.7 cm³/mol. The maximum absolute atomic E-state index is 12.7. The SMILES string of the molecule is CCCNc1cc(C(=O)N2CCCC2C)cc(CCC)n1. The van der Waals surface area contributed by atoms with E-state index in [9.17, 15) is 4.79 Å². The monoisotopic (exact) mass is 289 g/mol. The molecule has 116 valence electrons. The van der Waals surface area contributed by atoms with Crippen molar-refractivity contribution in [3.63, 3.8) is 0 Å². The molecule has 4 nitrogen and oxygen atoms in total. The molecule has 21 heavy (non-hydrogen) atoms. The number of nitrogens with zero attached hydrogens (tertiary/aromatic N) is 2. The van der Waals surface area contributed by atoms with Crippen LogP contribution in [0.5, 0.6) is 0 Å². The number of amides is 1. The van der Waals surface area contributed by atoms with Gasteiger partial charge in [-0.1, -0.05) is 20.3 Å². The lowest BCUT2D eigenvalue weighted by Crippen LogP contribution is -2.33. The van der Waals surface area contributed by atoms with E-state index in [0.29, 0.717) is 6.04 Å². The molecule has 0 radical (unpaired) electrons. The molecule has 0 aliphatic carbocycles. The number of carbonyl (C=O) groups is 1. The summed E-state index contributed by atoms with van der Waals surface area (Å²) in [6, 6.07) is 4.23. The van der Waals surface area contributed by atoms with Gasteiger partial charge >= 0.3 is 0 Å². The summed E-state index contributed by atoms with van der Waals surface area (Å²) in [4.78, 5) is 19.3.